The second kappa shape index (κ2) is 7.80. The third-order valence-corrected chi connectivity index (χ3v) is 2.20. The van der Waals surface area contributed by atoms with Gasteiger partial charge in [0.15, 0.2) is 0 Å². The summed E-state index contributed by atoms with van der Waals surface area (Å²) in [7, 11) is 1.84. The second-order valence-corrected chi connectivity index (χ2v) is 4.12. The predicted octanol–water partition coefficient (Wildman–Crippen LogP) is 1.54. The fourth-order valence-corrected chi connectivity index (χ4v) is 1.34. The first-order chi connectivity index (χ1) is 6.61. The van der Waals surface area contributed by atoms with Crippen molar-refractivity contribution in [1.82, 2.24) is 10.6 Å². The Morgan fingerprint density at radius 3 is 2.43 bits per heavy atom. The van der Waals surface area contributed by atoms with Crippen LogP contribution in [0.5, 0.6) is 0 Å². The summed E-state index contributed by atoms with van der Waals surface area (Å²) >= 11 is 0. The number of rotatable bonds is 7. The van der Waals surface area contributed by atoms with Gasteiger partial charge in [-0.3, -0.25) is 4.79 Å². The number of nitrogens with one attached hydrogen (secondary N) is 2. The molecule has 0 aromatic heterocycles. The molecule has 1 amide bonds. The normalized spacial score (nSPS) is 12.9. The molecule has 1 atom stereocenters. The van der Waals surface area contributed by atoms with Gasteiger partial charge >= 0.3 is 0 Å². The summed E-state index contributed by atoms with van der Waals surface area (Å²) in [4.78, 5) is 11.6. The highest BCUT2D eigenvalue weighted by Gasteiger charge is 2.16. The van der Waals surface area contributed by atoms with Gasteiger partial charge in [0.2, 0.25) is 5.91 Å². The Kier molecular flexibility index (Phi) is 7.48. The molecule has 0 aromatic rings. The average Bonchev–Trinajstić information content (AvgIpc) is 2.14. The summed E-state index contributed by atoms with van der Waals surface area (Å²) in [5.41, 5.74) is 0. The molecular formula is C11H24N2O. The van der Waals surface area contributed by atoms with Crippen LogP contribution < -0.4 is 10.6 Å². The zero-order chi connectivity index (χ0) is 11.0. The van der Waals surface area contributed by atoms with Gasteiger partial charge in [-0.25, -0.2) is 0 Å². The Morgan fingerprint density at radius 1 is 1.36 bits per heavy atom. The SMILES string of the molecule is CCCCNC(=O)C(CC(C)C)NC. The van der Waals surface area contributed by atoms with Crippen molar-refractivity contribution in [3.63, 3.8) is 0 Å². The van der Waals surface area contributed by atoms with Crippen LogP contribution in [0.15, 0.2) is 0 Å². The Morgan fingerprint density at radius 2 is 2.00 bits per heavy atom. The summed E-state index contributed by atoms with van der Waals surface area (Å²) in [6.45, 7) is 7.18. The van der Waals surface area contributed by atoms with Crippen molar-refractivity contribution in [3.05, 3.63) is 0 Å². The van der Waals surface area contributed by atoms with E-state index in [9.17, 15) is 4.79 Å². The van der Waals surface area contributed by atoms with Crippen molar-refractivity contribution < 1.29 is 4.79 Å². The molecule has 2 N–H and O–H groups in total. The van der Waals surface area contributed by atoms with Gasteiger partial charge in [-0.2, -0.15) is 0 Å². The lowest BCUT2D eigenvalue weighted by Crippen LogP contribution is -2.43. The molecule has 0 aromatic carbocycles. The molecule has 0 saturated heterocycles. The largest absolute Gasteiger partial charge is 0.355 e. The van der Waals surface area contributed by atoms with Gasteiger partial charge in [-0.05, 0) is 25.8 Å². The number of unbranched alkanes of at least 4 members (excludes halogenated alkanes) is 1. The van der Waals surface area contributed by atoms with Crippen molar-refractivity contribution in [1.29, 1.82) is 0 Å². The number of amides is 1. The van der Waals surface area contributed by atoms with E-state index in [1.165, 1.54) is 0 Å². The van der Waals surface area contributed by atoms with E-state index in [1.807, 2.05) is 7.05 Å². The molecule has 0 heterocycles. The number of likely N-dealkylation sites (N-methyl/N-ethyl adjacent to an activating group) is 1. The van der Waals surface area contributed by atoms with E-state index >= 15 is 0 Å². The molecule has 3 heteroatoms. The fraction of sp³-hybridized carbons (Fsp3) is 0.909. The zero-order valence-electron chi connectivity index (χ0n) is 9.89. The molecule has 84 valence electrons. The highest BCUT2D eigenvalue weighted by atomic mass is 16.2. The van der Waals surface area contributed by atoms with E-state index in [1.54, 1.807) is 0 Å². The number of hydrogen-bond donors (Lipinski definition) is 2. The van der Waals surface area contributed by atoms with Crippen LogP contribution in [0.4, 0.5) is 0 Å². The first-order valence-corrected chi connectivity index (χ1v) is 5.56. The Hall–Kier alpha value is -0.570. The van der Waals surface area contributed by atoms with E-state index in [-0.39, 0.29) is 11.9 Å². The maximum atomic E-state index is 11.6. The smallest absolute Gasteiger partial charge is 0.237 e. The van der Waals surface area contributed by atoms with Crippen molar-refractivity contribution in [3.8, 4) is 0 Å². The van der Waals surface area contributed by atoms with E-state index in [4.69, 9.17) is 0 Å². The molecule has 0 fully saturated rings. The molecule has 0 aliphatic carbocycles. The molecule has 1 unspecified atom stereocenters. The van der Waals surface area contributed by atoms with Gasteiger partial charge in [0, 0.05) is 6.54 Å². The van der Waals surface area contributed by atoms with Crippen molar-refractivity contribution in [2.45, 2.75) is 46.1 Å². The average molecular weight is 200 g/mol. The molecule has 14 heavy (non-hydrogen) atoms. The standard InChI is InChI=1S/C11H24N2O/c1-5-6-7-13-11(14)10(12-4)8-9(2)3/h9-10,12H,5-8H2,1-4H3,(H,13,14). The highest BCUT2D eigenvalue weighted by molar-refractivity contribution is 5.81. The van der Waals surface area contributed by atoms with Gasteiger partial charge in [-0.15, -0.1) is 0 Å². The molecule has 0 bridgehead atoms. The van der Waals surface area contributed by atoms with E-state index in [0.717, 1.165) is 25.8 Å². The van der Waals surface area contributed by atoms with Gasteiger partial charge in [0.05, 0.1) is 6.04 Å². The second-order valence-electron chi connectivity index (χ2n) is 4.12. The van der Waals surface area contributed by atoms with E-state index < -0.39 is 0 Å². The van der Waals surface area contributed by atoms with Crippen LogP contribution in [0.25, 0.3) is 0 Å². The third kappa shape index (κ3) is 5.97. The Bertz CT molecular complexity index is 157. The lowest BCUT2D eigenvalue weighted by Gasteiger charge is -2.17. The summed E-state index contributed by atoms with van der Waals surface area (Å²) in [6.07, 6.45) is 3.08. The predicted molar refractivity (Wildman–Crippen MR) is 60.2 cm³/mol. The Labute approximate surface area is 87.6 Å². The molecule has 0 rings (SSSR count). The van der Waals surface area contributed by atoms with Crippen LogP contribution in [-0.2, 0) is 4.79 Å². The maximum absolute atomic E-state index is 11.6. The highest BCUT2D eigenvalue weighted by Crippen LogP contribution is 2.04. The molecule has 0 aliphatic heterocycles. The quantitative estimate of drug-likeness (QED) is 0.612. The lowest BCUT2D eigenvalue weighted by atomic mass is 10.0. The van der Waals surface area contributed by atoms with Crippen LogP contribution >= 0.6 is 0 Å². The summed E-state index contributed by atoms with van der Waals surface area (Å²) in [6, 6.07) is -0.0353. The molecule has 0 spiro atoms. The molecule has 3 nitrogen and oxygen atoms in total. The topological polar surface area (TPSA) is 41.1 Å². The summed E-state index contributed by atoms with van der Waals surface area (Å²) in [5, 5.41) is 5.99. The number of hydrogen-bond acceptors (Lipinski definition) is 2. The summed E-state index contributed by atoms with van der Waals surface area (Å²) < 4.78 is 0. The molecular weight excluding hydrogens is 176 g/mol. The van der Waals surface area contributed by atoms with Gasteiger partial charge < -0.3 is 10.6 Å². The van der Waals surface area contributed by atoms with Crippen molar-refractivity contribution >= 4 is 5.91 Å². The van der Waals surface area contributed by atoms with E-state index in [2.05, 4.69) is 31.4 Å². The van der Waals surface area contributed by atoms with Crippen LogP contribution in [0.2, 0.25) is 0 Å². The minimum atomic E-state index is -0.0353. The number of carbonyl (C=O) groups excluding carboxylic acids is 1. The first kappa shape index (κ1) is 13.4. The maximum Gasteiger partial charge on any atom is 0.237 e. The number of carbonyl (C=O) groups is 1. The minimum Gasteiger partial charge on any atom is -0.355 e. The van der Waals surface area contributed by atoms with Crippen LogP contribution in [0.3, 0.4) is 0 Å². The molecule has 0 aliphatic rings. The monoisotopic (exact) mass is 200 g/mol. The van der Waals surface area contributed by atoms with Crippen molar-refractivity contribution in [2.75, 3.05) is 13.6 Å². The van der Waals surface area contributed by atoms with E-state index in [0.29, 0.717) is 5.92 Å². The third-order valence-electron chi connectivity index (χ3n) is 2.20. The van der Waals surface area contributed by atoms with Crippen molar-refractivity contribution in [2.24, 2.45) is 5.92 Å². The molecule has 0 saturated carbocycles. The fourth-order valence-electron chi connectivity index (χ4n) is 1.34. The lowest BCUT2D eigenvalue weighted by molar-refractivity contribution is -0.123. The first-order valence-electron chi connectivity index (χ1n) is 5.56. The van der Waals surface area contributed by atoms with Gasteiger partial charge in [0.1, 0.15) is 0 Å². The van der Waals surface area contributed by atoms with Gasteiger partial charge in [-0.1, -0.05) is 27.2 Å². The van der Waals surface area contributed by atoms with Crippen LogP contribution in [0.1, 0.15) is 40.0 Å². The summed E-state index contributed by atoms with van der Waals surface area (Å²) in [5.74, 6) is 0.680. The Balaban J connectivity index is 3.79. The van der Waals surface area contributed by atoms with Crippen LogP contribution in [0, 0.1) is 5.92 Å². The van der Waals surface area contributed by atoms with Crippen LogP contribution in [-0.4, -0.2) is 25.5 Å². The zero-order valence-corrected chi connectivity index (χ0v) is 9.89. The minimum absolute atomic E-state index is 0.0353. The van der Waals surface area contributed by atoms with Gasteiger partial charge in [0.25, 0.3) is 0 Å². The molecule has 0 radical (unpaired) electrons.